The normalized spacial score (nSPS) is 11.3. The Kier molecular flexibility index (Phi) is 8.75. The van der Waals surface area contributed by atoms with Gasteiger partial charge in [-0.25, -0.2) is 4.39 Å². The van der Waals surface area contributed by atoms with Gasteiger partial charge in [0.1, 0.15) is 5.82 Å². The largest absolute Gasteiger partial charge is 0.481 e. The van der Waals surface area contributed by atoms with Crippen LogP contribution in [0.4, 0.5) is 4.39 Å². The summed E-state index contributed by atoms with van der Waals surface area (Å²) in [5.41, 5.74) is 1.98. The van der Waals surface area contributed by atoms with Gasteiger partial charge in [-0.2, -0.15) is 0 Å². The molecule has 2 N–H and O–H groups in total. The predicted molar refractivity (Wildman–Crippen MR) is 112 cm³/mol. The summed E-state index contributed by atoms with van der Waals surface area (Å²) in [5.74, 6) is -1.40. The molecule has 0 saturated heterocycles. The van der Waals surface area contributed by atoms with E-state index < -0.39 is 5.97 Å². The molecule has 0 bridgehead atoms. The van der Waals surface area contributed by atoms with Crippen molar-refractivity contribution in [2.24, 2.45) is 0 Å². The van der Waals surface area contributed by atoms with Gasteiger partial charge in [0.2, 0.25) is 0 Å². The van der Waals surface area contributed by atoms with Gasteiger partial charge in [-0.15, -0.1) is 11.8 Å². The Morgan fingerprint density at radius 2 is 1.71 bits per heavy atom. The van der Waals surface area contributed by atoms with E-state index in [9.17, 15) is 14.0 Å². The first-order chi connectivity index (χ1) is 13.5. The van der Waals surface area contributed by atoms with Crippen LogP contribution in [0, 0.1) is 5.82 Å². The van der Waals surface area contributed by atoms with Crippen LogP contribution in [-0.4, -0.2) is 29.8 Å². The van der Waals surface area contributed by atoms with Gasteiger partial charge < -0.3 is 10.4 Å². The second kappa shape index (κ2) is 11.3. The molecule has 1 amide bonds. The number of aliphatic carboxylic acids is 1. The fourth-order valence-electron chi connectivity index (χ4n) is 2.65. The highest BCUT2D eigenvalue weighted by molar-refractivity contribution is 7.98. The van der Waals surface area contributed by atoms with Gasteiger partial charge in [0.15, 0.2) is 0 Å². The van der Waals surface area contributed by atoms with E-state index in [1.165, 1.54) is 12.1 Å². The van der Waals surface area contributed by atoms with E-state index in [2.05, 4.69) is 5.32 Å². The van der Waals surface area contributed by atoms with E-state index in [1.807, 2.05) is 30.5 Å². The number of carboxylic acid groups (broad SMARTS) is 1. The Bertz CT molecular complexity index is 817. The molecule has 0 aliphatic carbocycles. The Morgan fingerprint density at radius 1 is 1.04 bits per heavy atom. The molecule has 148 valence electrons. The number of rotatable bonds is 10. The standard InChI is InChI=1S/C22H24FNO3S/c1-28-19-12-6-16(7-13-19)15-20(17-8-10-18(23)11-9-17)22(27)24-14-4-2-3-5-21(25)26/h6-13,15H,2-5,14H2,1H3,(H,24,27)(H,25,26). The Hall–Kier alpha value is -2.60. The summed E-state index contributed by atoms with van der Waals surface area (Å²) in [6.07, 6.45) is 5.96. The number of amides is 1. The van der Waals surface area contributed by atoms with Gasteiger partial charge >= 0.3 is 5.97 Å². The van der Waals surface area contributed by atoms with Gasteiger partial charge in [-0.05, 0) is 60.6 Å². The fraction of sp³-hybridized carbons (Fsp3) is 0.273. The van der Waals surface area contributed by atoms with Gasteiger partial charge in [-0.1, -0.05) is 30.7 Å². The summed E-state index contributed by atoms with van der Waals surface area (Å²) in [5, 5.41) is 11.5. The first-order valence-electron chi connectivity index (χ1n) is 9.11. The summed E-state index contributed by atoms with van der Waals surface area (Å²) in [4.78, 5) is 24.4. The van der Waals surface area contributed by atoms with Gasteiger partial charge in [0, 0.05) is 23.4 Å². The number of hydrogen-bond donors (Lipinski definition) is 2. The van der Waals surface area contributed by atoms with Gasteiger partial charge in [0.05, 0.1) is 0 Å². The lowest BCUT2D eigenvalue weighted by atomic mass is 10.0. The lowest BCUT2D eigenvalue weighted by molar-refractivity contribution is -0.137. The lowest BCUT2D eigenvalue weighted by Gasteiger charge is -2.10. The number of benzene rings is 2. The number of thioether (sulfide) groups is 1. The van der Waals surface area contributed by atoms with Crippen molar-refractivity contribution >= 4 is 35.3 Å². The Morgan fingerprint density at radius 3 is 2.32 bits per heavy atom. The van der Waals surface area contributed by atoms with Gasteiger partial charge in [0.25, 0.3) is 5.91 Å². The van der Waals surface area contributed by atoms with Crippen molar-refractivity contribution in [3.05, 3.63) is 65.5 Å². The summed E-state index contributed by atoms with van der Waals surface area (Å²) < 4.78 is 13.3. The topological polar surface area (TPSA) is 66.4 Å². The van der Waals surface area contributed by atoms with Crippen LogP contribution in [-0.2, 0) is 9.59 Å². The third-order valence-corrected chi connectivity index (χ3v) is 4.92. The van der Waals surface area contributed by atoms with Crippen molar-refractivity contribution in [3.8, 4) is 0 Å². The lowest BCUT2D eigenvalue weighted by Crippen LogP contribution is -2.25. The van der Waals surface area contributed by atoms with Crippen molar-refractivity contribution < 1.29 is 19.1 Å². The average molecular weight is 402 g/mol. The molecule has 0 saturated carbocycles. The number of unbranched alkanes of at least 4 members (excludes halogenated alkanes) is 2. The second-order valence-corrected chi connectivity index (χ2v) is 7.18. The summed E-state index contributed by atoms with van der Waals surface area (Å²) in [6, 6.07) is 13.7. The van der Waals surface area contributed by atoms with Crippen LogP contribution >= 0.6 is 11.8 Å². The summed E-state index contributed by atoms with van der Waals surface area (Å²) in [7, 11) is 0. The summed E-state index contributed by atoms with van der Waals surface area (Å²) >= 11 is 1.64. The minimum absolute atomic E-state index is 0.140. The number of carbonyl (C=O) groups is 2. The quantitative estimate of drug-likeness (QED) is 0.258. The van der Waals surface area contributed by atoms with Crippen molar-refractivity contribution in [1.82, 2.24) is 5.32 Å². The molecule has 0 aromatic heterocycles. The molecule has 0 aliphatic rings. The average Bonchev–Trinajstić information content (AvgIpc) is 2.69. The van der Waals surface area contributed by atoms with E-state index in [1.54, 1.807) is 30.0 Å². The zero-order valence-corrected chi connectivity index (χ0v) is 16.6. The number of halogens is 1. The minimum Gasteiger partial charge on any atom is -0.481 e. The molecule has 0 unspecified atom stereocenters. The first kappa shape index (κ1) is 21.7. The molecule has 2 rings (SSSR count). The van der Waals surface area contributed by atoms with Crippen LogP contribution in [0.3, 0.4) is 0 Å². The molecule has 0 heterocycles. The maximum Gasteiger partial charge on any atom is 0.303 e. The fourth-order valence-corrected chi connectivity index (χ4v) is 3.06. The van der Waals surface area contributed by atoms with Crippen molar-refractivity contribution in [3.63, 3.8) is 0 Å². The van der Waals surface area contributed by atoms with Crippen molar-refractivity contribution in [1.29, 1.82) is 0 Å². The molecule has 0 aliphatic heterocycles. The maximum absolute atomic E-state index is 13.3. The molecule has 0 atom stereocenters. The van der Waals surface area contributed by atoms with Crippen molar-refractivity contribution in [2.75, 3.05) is 12.8 Å². The molecular weight excluding hydrogens is 377 g/mol. The molecule has 0 radical (unpaired) electrons. The van der Waals surface area contributed by atoms with Crippen LogP contribution in [0.2, 0.25) is 0 Å². The van der Waals surface area contributed by atoms with E-state index in [4.69, 9.17) is 5.11 Å². The van der Waals surface area contributed by atoms with Crippen LogP contribution in [0.1, 0.15) is 36.8 Å². The molecular formula is C22H24FNO3S. The third kappa shape index (κ3) is 7.19. The molecule has 6 heteroatoms. The SMILES string of the molecule is CSc1ccc(C=C(C(=O)NCCCCCC(=O)O)c2ccc(F)cc2)cc1. The first-order valence-corrected chi connectivity index (χ1v) is 10.3. The highest BCUT2D eigenvalue weighted by Crippen LogP contribution is 2.21. The zero-order valence-electron chi connectivity index (χ0n) is 15.8. The Balaban J connectivity index is 2.09. The minimum atomic E-state index is -0.807. The molecule has 0 fully saturated rings. The van der Waals surface area contributed by atoms with E-state index >= 15 is 0 Å². The number of carbonyl (C=O) groups excluding carboxylic acids is 1. The Labute approximate surface area is 168 Å². The van der Waals surface area contributed by atoms with Crippen LogP contribution in [0.25, 0.3) is 11.6 Å². The van der Waals surface area contributed by atoms with E-state index in [0.717, 1.165) is 16.9 Å². The molecule has 0 spiro atoms. The zero-order chi connectivity index (χ0) is 20.4. The van der Waals surface area contributed by atoms with Crippen LogP contribution in [0.15, 0.2) is 53.4 Å². The monoisotopic (exact) mass is 401 g/mol. The smallest absolute Gasteiger partial charge is 0.303 e. The van der Waals surface area contributed by atoms with Gasteiger partial charge in [-0.3, -0.25) is 9.59 Å². The molecule has 28 heavy (non-hydrogen) atoms. The third-order valence-electron chi connectivity index (χ3n) is 4.18. The van der Waals surface area contributed by atoms with E-state index in [0.29, 0.717) is 30.5 Å². The highest BCUT2D eigenvalue weighted by atomic mass is 32.2. The number of nitrogens with one attached hydrogen (secondary N) is 1. The summed E-state index contributed by atoms with van der Waals surface area (Å²) in [6.45, 7) is 0.461. The maximum atomic E-state index is 13.3. The predicted octanol–water partition coefficient (Wildman–Crippen LogP) is 4.85. The second-order valence-electron chi connectivity index (χ2n) is 6.30. The molecule has 2 aromatic carbocycles. The highest BCUT2D eigenvalue weighted by Gasteiger charge is 2.12. The number of carboxylic acids is 1. The number of hydrogen-bond acceptors (Lipinski definition) is 3. The van der Waals surface area contributed by atoms with Crippen LogP contribution < -0.4 is 5.32 Å². The molecule has 2 aromatic rings. The molecule has 4 nitrogen and oxygen atoms in total. The van der Waals surface area contributed by atoms with Crippen molar-refractivity contribution in [2.45, 2.75) is 30.6 Å². The van der Waals surface area contributed by atoms with Crippen LogP contribution in [0.5, 0.6) is 0 Å². The van der Waals surface area contributed by atoms with E-state index in [-0.39, 0.29) is 18.1 Å².